The fraction of sp³-hybridized carbons (Fsp3) is 0.571. The van der Waals surface area contributed by atoms with Gasteiger partial charge in [0.1, 0.15) is 0 Å². The molecule has 1 aliphatic rings. The summed E-state index contributed by atoms with van der Waals surface area (Å²) in [4.78, 5) is 2.44. The number of hydrogen-bond donors (Lipinski definition) is 1. The van der Waals surface area contributed by atoms with Crippen LogP contribution in [0.1, 0.15) is 25.8 Å². The molecule has 2 heteroatoms. The highest BCUT2D eigenvalue weighted by Gasteiger charge is 2.30. The highest BCUT2D eigenvalue weighted by atomic mass is 16.3. The van der Waals surface area contributed by atoms with Crippen molar-refractivity contribution in [1.29, 1.82) is 0 Å². The molecule has 1 aromatic carbocycles. The van der Waals surface area contributed by atoms with Crippen LogP contribution in [0.4, 0.5) is 5.69 Å². The molecule has 0 amide bonds. The predicted molar refractivity (Wildman–Crippen MR) is 67.8 cm³/mol. The van der Waals surface area contributed by atoms with Crippen LogP contribution >= 0.6 is 0 Å². The highest BCUT2D eigenvalue weighted by molar-refractivity contribution is 5.55. The fourth-order valence-electron chi connectivity index (χ4n) is 2.68. The number of para-hydroxylation sites is 1. The van der Waals surface area contributed by atoms with E-state index in [2.05, 4.69) is 43.0 Å². The molecule has 0 spiro atoms. The van der Waals surface area contributed by atoms with Crippen molar-refractivity contribution < 1.29 is 5.11 Å². The SMILES string of the molecule is CCc1ccccc1N1CCC(CO)C1C. The van der Waals surface area contributed by atoms with Crippen LogP contribution < -0.4 is 4.90 Å². The van der Waals surface area contributed by atoms with Gasteiger partial charge in [-0.2, -0.15) is 0 Å². The van der Waals surface area contributed by atoms with E-state index in [4.69, 9.17) is 0 Å². The van der Waals surface area contributed by atoms with Crippen molar-refractivity contribution in [2.24, 2.45) is 5.92 Å². The average Bonchev–Trinajstić information content (AvgIpc) is 2.70. The number of anilines is 1. The van der Waals surface area contributed by atoms with Crippen molar-refractivity contribution in [2.45, 2.75) is 32.7 Å². The first kappa shape index (κ1) is 11.5. The molecule has 1 aromatic rings. The molecule has 0 bridgehead atoms. The van der Waals surface area contributed by atoms with Gasteiger partial charge in [-0.25, -0.2) is 0 Å². The van der Waals surface area contributed by atoms with Gasteiger partial charge in [-0.15, -0.1) is 0 Å². The number of hydrogen-bond acceptors (Lipinski definition) is 2. The Morgan fingerprint density at radius 3 is 2.75 bits per heavy atom. The molecule has 2 atom stereocenters. The smallest absolute Gasteiger partial charge is 0.0479 e. The normalized spacial score (nSPS) is 25.1. The molecule has 1 fully saturated rings. The van der Waals surface area contributed by atoms with Gasteiger partial charge in [-0.05, 0) is 31.4 Å². The Kier molecular flexibility index (Phi) is 3.49. The second kappa shape index (κ2) is 4.88. The summed E-state index contributed by atoms with van der Waals surface area (Å²) < 4.78 is 0. The van der Waals surface area contributed by atoms with Crippen molar-refractivity contribution in [2.75, 3.05) is 18.1 Å². The summed E-state index contributed by atoms with van der Waals surface area (Å²) in [5.41, 5.74) is 2.77. The Morgan fingerprint density at radius 1 is 1.38 bits per heavy atom. The molecule has 1 heterocycles. The standard InChI is InChI=1S/C14H21NO/c1-3-12-6-4-5-7-14(12)15-9-8-13(10-16)11(15)2/h4-7,11,13,16H,3,8-10H2,1-2H3. The number of rotatable bonds is 3. The zero-order chi connectivity index (χ0) is 11.5. The van der Waals surface area contributed by atoms with E-state index in [9.17, 15) is 5.11 Å². The van der Waals surface area contributed by atoms with Gasteiger partial charge in [-0.3, -0.25) is 0 Å². The van der Waals surface area contributed by atoms with E-state index in [1.54, 1.807) is 0 Å². The molecular weight excluding hydrogens is 198 g/mol. The van der Waals surface area contributed by atoms with Crippen LogP contribution in [0, 0.1) is 5.92 Å². The Hall–Kier alpha value is -1.02. The summed E-state index contributed by atoms with van der Waals surface area (Å²) >= 11 is 0. The lowest BCUT2D eigenvalue weighted by molar-refractivity contribution is 0.221. The van der Waals surface area contributed by atoms with E-state index in [1.807, 2.05) is 0 Å². The molecule has 2 rings (SSSR count). The van der Waals surface area contributed by atoms with E-state index in [0.29, 0.717) is 18.6 Å². The zero-order valence-electron chi connectivity index (χ0n) is 10.2. The molecule has 0 aliphatic carbocycles. The van der Waals surface area contributed by atoms with Crippen LogP contribution in [-0.2, 0) is 6.42 Å². The summed E-state index contributed by atoms with van der Waals surface area (Å²) in [6.07, 6.45) is 2.18. The summed E-state index contributed by atoms with van der Waals surface area (Å²) in [6, 6.07) is 9.07. The van der Waals surface area contributed by atoms with Crippen LogP contribution in [0.25, 0.3) is 0 Å². The third-order valence-electron chi connectivity index (χ3n) is 3.83. The lowest BCUT2D eigenvalue weighted by atomic mass is 10.0. The van der Waals surface area contributed by atoms with E-state index < -0.39 is 0 Å². The van der Waals surface area contributed by atoms with Gasteiger partial charge >= 0.3 is 0 Å². The third kappa shape index (κ3) is 1.94. The lowest BCUT2D eigenvalue weighted by Gasteiger charge is -2.28. The van der Waals surface area contributed by atoms with Crippen molar-refractivity contribution in [3.8, 4) is 0 Å². The molecule has 0 aromatic heterocycles. The van der Waals surface area contributed by atoms with Crippen molar-refractivity contribution >= 4 is 5.69 Å². The van der Waals surface area contributed by atoms with Gasteiger partial charge in [0.15, 0.2) is 0 Å². The second-order valence-corrected chi connectivity index (χ2v) is 4.65. The Morgan fingerprint density at radius 2 is 2.12 bits per heavy atom. The number of aliphatic hydroxyl groups is 1. The Labute approximate surface area is 97.9 Å². The van der Waals surface area contributed by atoms with Gasteiger partial charge in [0.25, 0.3) is 0 Å². The molecule has 88 valence electrons. The predicted octanol–water partition coefficient (Wildman–Crippen LogP) is 2.46. The summed E-state index contributed by atoms with van der Waals surface area (Å²) in [5, 5.41) is 9.30. The van der Waals surface area contributed by atoms with Gasteiger partial charge in [0.2, 0.25) is 0 Å². The van der Waals surface area contributed by atoms with E-state index in [1.165, 1.54) is 11.3 Å². The van der Waals surface area contributed by atoms with E-state index in [0.717, 1.165) is 19.4 Å². The van der Waals surface area contributed by atoms with Crippen LogP contribution in [-0.4, -0.2) is 24.3 Å². The van der Waals surface area contributed by atoms with Crippen molar-refractivity contribution in [3.63, 3.8) is 0 Å². The topological polar surface area (TPSA) is 23.5 Å². The fourth-order valence-corrected chi connectivity index (χ4v) is 2.68. The Bertz CT molecular complexity index is 350. The van der Waals surface area contributed by atoms with E-state index in [-0.39, 0.29) is 0 Å². The Balaban J connectivity index is 2.24. The largest absolute Gasteiger partial charge is 0.396 e. The van der Waals surface area contributed by atoms with Gasteiger partial charge in [0, 0.05) is 30.8 Å². The molecule has 0 radical (unpaired) electrons. The lowest BCUT2D eigenvalue weighted by Crippen LogP contribution is -2.31. The maximum atomic E-state index is 9.30. The maximum absolute atomic E-state index is 9.30. The number of aryl methyl sites for hydroxylation is 1. The highest BCUT2D eigenvalue weighted by Crippen LogP contribution is 2.31. The number of aliphatic hydroxyl groups excluding tert-OH is 1. The molecule has 1 aliphatic heterocycles. The average molecular weight is 219 g/mol. The monoisotopic (exact) mass is 219 g/mol. The van der Waals surface area contributed by atoms with Gasteiger partial charge < -0.3 is 10.0 Å². The van der Waals surface area contributed by atoms with E-state index >= 15 is 0 Å². The summed E-state index contributed by atoms with van der Waals surface area (Å²) in [7, 11) is 0. The number of nitrogens with zero attached hydrogens (tertiary/aromatic N) is 1. The van der Waals surface area contributed by atoms with Crippen LogP contribution in [0.3, 0.4) is 0 Å². The van der Waals surface area contributed by atoms with Gasteiger partial charge in [-0.1, -0.05) is 25.1 Å². The second-order valence-electron chi connectivity index (χ2n) is 4.65. The zero-order valence-corrected chi connectivity index (χ0v) is 10.2. The minimum Gasteiger partial charge on any atom is -0.396 e. The minimum atomic E-state index is 0.311. The number of benzene rings is 1. The first-order valence-corrected chi connectivity index (χ1v) is 6.23. The molecule has 2 unspecified atom stereocenters. The molecule has 0 saturated carbocycles. The van der Waals surface area contributed by atoms with Gasteiger partial charge in [0.05, 0.1) is 0 Å². The molecule has 1 saturated heterocycles. The third-order valence-corrected chi connectivity index (χ3v) is 3.83. The van der Waals surface area contributed by atoms with Crippen molar-refractivity contribution in [1.82, 2.24) is 0 Å². The summed E-state index contributed by atoms with van der Waals surface area (Å²) in [6.45, 7) is 5.80. The molecular formula is C14H21NO. The summed E-state index contributed by atoms with van der Waals surface area (Å²) in [5.74, 6) is 0.435. The van der Waals surface area contributed by atoms with Crippen LogP contribution in [0.5, 0.6) is 0 Å². The maximum Gasteiger partial charge on any atom is 0.0479 e. The molecule has 2 nitrogen and oxygen atoms in total. The first-order chi connectivity index (χ1) is 7.77. The van der Waals surface area contributed by atoms with Crippen LogP contribution in [0.15, 0.2) is 24.3 Å². The van der Waals surface area contributed by atoms with Crippen molar-refractivity contribution in [3.05, 3.63) is 29.8 Å². The first-order valence-electron chi connectivity index (χ1n) is 6.23. The molecule has 16 heavy (non-hydrogen) atoms. The molecule has 1 N–H and O–H groups in total. The minimum absolute atomic E-state index is 0.311. The van der Waals surface area contributed by atoms with Crippen LogP contribution in [0.2, 0.25) is 0 Å². The quantitative estimate of drug-likeness (QED) is 0.844.